The van der Waals surface area contributed by atoms with Crippen molar-refractivity contribution in [3.05, 3.63) is 40.9 Å². The van der Waals surface area contributed by atoms with E-state index in [9.17, 15) is 0 Å². The second kappa shape index (κ2) is 4.84. The number of methoxy groups -OCH3 is 2. The van der Waals surface area contributed by atoms with Crippen molar-refractivity contribution in [1.29, 1.82) is 0 Å². The van der Waals surface area contributed by atoms with Gasteiger partial charge >= 0.3 is 0 Å². The molecule has 0 saturated heterocycles. The molecule has 0 fully saturated rings. The van der Waals surface area contributed by atoms with E-state index >= 15 is 0 Å². The van der Waals surface area contributed by atoms with Crippen molar-refractivity contribution >= 4 is 33.4 Å². The van der Waals surface area contributed by atoms with Crippen LogP contribution in [0.4, 0.5) is 0 Å². The van der Waals surface area contributed by atoms with Crippen molar-refractivity contribution in [1.82, 2.24) is 4.98 Å². The van der Waals surface area contributed by atoms with E-state index in [1.807, 2.05) is 37.3 Å². The maximum atomic E-state index is 6.53. The Morgan fingerprint density at radius 1 is 0.900 bits per heavy atom. The van der Waals surface area contributed by atoms with Crippen molar-refractivity contribution in [2.45, 2.75) is 6.92 Å². The highest BCUT2D eigenvalue weighted by molar-refractivity contribution is 6.40. The van der Waals surface area contributed by atoms with E-state index in [1.165, 1.54) is 0 Å². The number of halogens is 1. The molecule has 0 spiro atoms. The van der Waals surface area contributed by atoms with Gasteiger partial charge in [-0.05, 0) is 25.1 Å². The third kappa shape index (κ3) is 1.95. The Hall–Kier alpha value is -2.00. The summed E-state index contributed by atoms with van der Waals surface area (Å²) in [5, 5.41) is 2.50. The van der Waals surface area contributed by atoms with Crippen LogP contribution in [0.3, 0.4) is 0 Å². The molecule has 0 radical (unpaired) electrons. The van der Waals surface area contributed by atoms with Crippen LogP contribution in [0.15, 0.2) is 30.3 Å². The van der Waals surface area contributed by atoms with Crippen LogP contribution in [0, 0.1) is 6.92 Å². The van der Waals surface area contributed by atoms with Gasteiger partial charge in [-0.3, -0.25) is 0 Å². The van der Waals surface area contributed by atoms with Crippen LogP contribution in [0.1, 0.15) is 5.56 Å². The van der Waals surface area contributed by atoms with E-state index in [0.29, 0.717) is 16.5 Å². The zero-order chi connectivity index (χ0) is 14.3. The number of pyridine rings is 1. The van der Waals surface area contributed by atoms with Crippen molar-refractivity contribution in [2.24, 2.45) is 0 Å². The first kappa shape index (κ1) is 13.0. The smallest absolute Gasteiger partial charge is 0.162 e. The number of hydrogen-bond donors (Lipinski definition) is 0. The van der Waals surface area contributed by atoms with Crippen LogP contribution in [0.25, 0.3) is 21.8 Å². The molecule has 1 heterocycles. The second-order valence-corrected chi connectivity index (χ2v) is 5.05. The molecule has 0 amide bonds. The van der Waals surface area contributed by atoms with Crippen LogP contribution < -0.4 is 9.47 Å². The number of aromatic nitrogens is 1. The predicted octanol–water partition coefficient (Wildman–Crippen LogP) is 4.37. The summed E-state index contributed by atoms with van der Waals surface area (Å²) in [7, 11) is 3.21. The van der Waals surface area contributed by atoms with Gasteiger partial charge in [0.25, 0.3) is 0 Å². The van der Waals surface area contributed by atoms with Crippen molar-refractivity contribution in [3.8, 4) is 11.5 Å². The summed E-state index contributed by atoms with van der Waals surface area (Å²) >= 11 is 6.53. The van der Waals surface area contributed by atoms with Crippen LogP contribution in [0.5, 0.6) is 11.5 Å². The van der Waals surface area contributed by atoms with Crippen LogP contribution in [-0.4, -0.2) is 19.2 Å². The van der Waals surface area contributed by atoms with Gasteiger partial charge in [0.2, 0.25) is 0 Å². The number of ether oxygens (including phenoxy) is 2. The van der Waals surface area contributed by atoms with Gasteiger partial charge in [-0.2, -0.15) is 0 Å². The maximum Gasteiger partial charge on any atom is 0.162 e. The first-order chi connectivity index (χ1) is 9.63. The summed E-state index contributed by atoms with van der Waals surface area (Å²) < 4.78 is 10.6. The Morgan fingerprint density at radius 2 is 1.55 bits per heavy atom. The molecule has 0 atom stereocenters. The molecule has 0 aliphatic rings. The maximum absolute atomic E-state index is 6.53. The largest absolute Gasteiger partial charge is 0.493 e. The van der Waals surface area contributed by atoms with Gasteiger partial charge in [0.15, 0.2) is 11.5 Å². The van der Waals surface area contributed by atoms with E-state index in [4.69, 9.17) is 21.1 Å². The third-order valence-corrected chi connectivity index (χ3v) is 3.77. The monoisotopic (exact) mass is 287 g/mol. The first-order valence-electron chi connectivity index (χ1n) is 6.25. The Bertz CT molecular complexity index is 815. The van der Waals surface area contributed by atoms with E-state index in [1.54, 1.807) is 14.2 Å². The van der Waals surface area contributed by atoms with E-state index in [0.717, 1.165) is 27.4 Å². The SMILES string of the molecule is COc1cc2nc3ccc(C)cc3c(Cl)c2cc1OC. The summed E-state index contributed by atoms with van der Waals surface area (Å²) in [4.78, 5) is 4.64. The lowest BCUT2D eigenvalue weighted by atomic mass is 10.1. The zero-order valence-corrected chi connectivity index (χ0v) is 12.3. The summed E-state index contributed by atoms with van der Waals surface area (Å²) in [5.41, 5.74) is 2.82. The number of benzene rings is 2. The molecule has 3 nitrogen and oxygen atoms in total. The van der Waals surface area contributed by atoms with Gasteiger partial charge in [0, 0.05) is 16.8 Å². The second-order valence-electron chi connectivity index (χ2n) is 4.67. The molecular weight excluding hydrogens is 274 g/mol. The molecule has 2 aromatic carbocycles. The van der Waals surface area contributed by atoms with Gasteiger partial charge in [-0.1, -0.05) is 23.2 Å². The molecule has 0 aliphatic heterocycles. The Balaban J connectivity index is 2.43. The highest BCUT2D eigenvalue weighted by atomic mass is 35.5. The lowest BCUT2D eigenvalue weighted by Crippen LogP contribution is -1.93. The molecular formula is C16H14ClNO2. The fourth-order valence-electron chi connectivity index (χ4n) is 2.33. The third-order valence-electron chi connectivity index (χ3n) is 3.37. The number of hydrogen-bond acceptors (Lipinski definition) is 3. The molecule has 1 aromatic heterocycles. The predicted molar refractivity (Wildman–Crippen MR) is 82.1 cm³/mol. The molecule has 4 heteroatoms. The molecule has 3 aromatic rings. The summed E-state index contributed by atoms with van der Waals surface area (Å²) in [6, 6.07) is 9.76. The van der Waals surface area contributed by atoms with Gasteiger partial charge in [0.05, 0.1) is 30.3 Å². The number of rotatable bonds is 2. The minimum Gasteiger partial charge on any atom is -0.493 e. The average molecular weight is 288 g/mol. The van der Waals surface area contributed by atoms with E-state index < -0.39 is 0 Å². The Morgan fingerprint density at radius 3 is 2.25 bits per heavy atom. The standard InChI is InChI=1S/C16H14ClNO2/c1-9-4-5-12-10(6-9)16(17)11-7-14(19-2)15(20-3)8-13(11)18-12/h4-8H,1-3H3. The molecule has 3 rings (SSSR count). The lowest BCUT2D eigenvalue weighted by molar-refractivity contribution is 0.356. The Labute approximate surface area is 122 Å². The lowest BCUT2D eigenvalue weighted by Gasteiger charge is -2.11. The summed E-state index contributed by atoms with van der Waals surface area (Å²) in [6.07, 6.45) is 0. The van der Waals surface area contributed by atoms with Gasteiger partial charge < -0.3 is 9.47 Å². The zero-order valence-electron chi connectivity index (χ0n) is 11.5. The molecule has 102 valence electrons. The van der Waals surface area contributed by atoms with Crippen molar-refractivity contribution < 1.29 is 9.47 Å². The topological polar surface area (TPSA) is 31.4 Å². The first-order valence-corrected chi connectivity index (χ1v) is 6.63. The quantitative estimate of drug-likeness (QED) is 0.656. The number of fused-ring (bicyclic) bond motifs is 2. The molecule has 0 saturated carbocycles. The molecule has 20 heavy (non-hydrogen) atoms. The Kier molecular flexibility index (Phi) is 3.14. The summed E-state index contributed by atoms with van der Waals surface area (Å²) in [6.45, 7) is 2.04. The number of aryl methyl sites for hydroxylation is 1. The number of nitrogens with zero attached hydrogens (tertiary/aromatic N) is 1. The molecule has 0 unspecified atom stereocenters. The minimum atomic E-state index is 0.648. The fraction of sp³-hybridized carbons (Fsp3) is 0.188. The highest BCUT2D eigenvalue weighted by Crippen LogP contribution is 2.37. The van der Waals surface area contributed by atoms with Crippen LogP contribution >= 0.6 is 11.6 Å². The van der Waals surface area contributed by atoms with E-state index in [-0.39, 0.29) is 0 Å². The molecule has 0 N–H and O–H groups in total. The molecule has 0 aliphatic carbocycles. The highest BCUT2D eigenvalue weighted by Gasteiger charge is 2.12. The van der Waals surface area contributed by atoms with Crippen molar-refractivity contribution in [3.63, 3.8) is 0 Å². The van der Waals surface area contributed by atoms with Crippen molar-refractivity contribution in [2.75, 3.05) is 14.2 Å². The fourth-order valence-corrected chi connectivity index (χ4v) is 2.64. The van der Waals surface area contributed by atoms with Gasteiger partial charge in [-0.25, -0.2) is 4.98 Å². The van der Waals surface area contributed by atoms with Gasteiger partial charge in [0.1, 0.15) is 0 Å². The molecule has 0 bridgehead atoms. The van der Waals surface area contributed by atoms with Gasteiger partial charge in [-0.15, -0.1) is 0 Å². The van der Waals surface area contributed by atoms with Crippen LogP contribution in [0.2, 0.25) is 5.02 Å². The normalized spacial score (nSPS) is 11.0. The summed E-state index contributed by atoms with van der Waals surface area (Å²) in [5.74, 6) is 1.30. The minimum absolute atomic E-state index is 0.648. The van der Waals surface area contributed by atoms with Crippen LogP contribution in [-0.2, 0) is 0 Å². The average Bonchev–Trinajstić information content (AvgIpc) is 2.47. The van der Waals surface area contributed by atoms with E-state index in [2.05, 4.69) is 4.98 Å².